The van der Waals surface area contributed by atoms with Crippen molar-refractivity contribution >= 4 is 27.9 Å². The van der Waals surface area contributed by atoms with Gasteiger partial charge in [0.2, 0.25) is 5.96 Å². The molecule has 2 heterocycles. The van der Waals surface area contributed by atoms with Gasteiger partial charge in [-0.3, -0.25) is 14.6 Å². The lowest BCUT2D eigenvalue weighted by Gasteiger charge is -2.35. The van der Waals surface area contributed by atoms with Crippen LogP contribution in [0.4, 0.5) is 0 Å². The van der Waals surface area contributed by atoms with Gasteiger partial charge in [0.05, 0.1) is 4.90 Å². The Labute approximate surface area is 335 Å². The molecule has 0 saturated carbocycles. The average Bonchev–Trinajstić information content (AvgIpc) is 3.14. The number of rotatable bonds is 13. The van der Waals surface area contributed by atoms with Crippen LogP contribution in [0.5, 0.6) is 5.75 Å². The van der Waals surface area contributed by atoms with E-state index in [4.69, 9.17) is 15.2 Å². The highest BCUT2D eigenvalue weighted by atomic mass is 32.2. The van der Waals surface area contributed by atoms with Gasteiger partial charge in [0.25, 0.3) is 21.5 Å². The van der Waals surface area contributed by atoms with Crippen molar-refractivity contribution in [3.63, 3.8) is 0 Å². The lowest BCUT2D eigenvalue weighted by molar-refractivity contribution is -0.157. The number of aliphatic imine (C=N–C) groups is 1. The molecular formula is C44H55N5O7S. The van der Waals surface area contributed by atoms with Crippen LogP contribution in [0.3, 0.4) is 0 Å². The van der Waals surface area contributed by atoms with Crippen molar-refractivity contribution in [3.8, 4) is 5.75 Å². The van der Waals surface area contributed by atoms with E-state index >= 15 is 0 Å². The second kappa shape index (κ2) is 17.4. The number of esters is 1. The summed E-state index contributed by atoms with van der Waals surface area (Å²) >= 11 is 0. The van der Waals surface area contributed by atoms with Crippen LogP contribution in [0.15, 0.2) is 93.7 Å². The molecule has 3 aromatic carbocycles. The molecule has 5 rings (SSSR count). The largest absolute Gasteiger partial charge is 0.487 e. The van der Waals surface area contributed by atoms with E-state index in [2.05, 4.69) is 15.0 Å². The van der Waals surface area contributed by atoms with Gasteiger partial charge in [-0.1, -0.05) is 60.7 Å². The van der Waals surface area contributed by atoms with Gasteiger partial charge < -0.3 is 25.1 Å². The number of guanidine groups is 1. The number of carbonyl (C=O) groups excluding carboxylic acids is 2. The van der Waals surface area contributed by atoms with Crippen LogP contribution in [-0.2, 0) is 32.5 Å². The minimum atomic E-state index is -4.11. The molecule has 0 bridgehead atoms. The van der Waals surface area contributed by atoms with E-state index < -0.39 is 39.1 Å². The maximum Gasteiger partial charge on any atom is 0.329 e. The molecule has 12 nitrogen and oxygen atoms in total. The first-order chi connectivity index (χ1) is 26.8. The highest BCUT2D eigenvalue weighted by Gasteiger charge is 2.34. The number of sulfonamides is 1. The number of hydrogen-bond acceptors (Lipinski definition) is 8. The number of benzene rings is 3. The molecule has 0 spiro atoms. The standard InChI is InChI=1S/C44H55N5O7S/c1-28-29(2)38(30(3)33-23-24-44(7,8)55-37(28)33)57(53,54)48-42(45)46-25-15-22-36(41(52)56-43(4,5)6)47-39(50)34-21-16-26-49(40(34)51)27-35(31-17-11-9-12-18-31)32-19-13-10-14-20-32/h9-14,16-21,26,35-36H,15,22-25,27H2,1-8H3,(H,47,50)(H3,45,46,48)/t36-/m0/s1. The number of nitrogens with zero attached hydrogens (tertiary/aromatic N) is 2. The second-order valence-corrected chi connectivity index (χ2v) is 17.8. The highest BCUT2D eigenvalue weighted by Crippen LogP contribution is 2.42. The second-order valence-electron chi connectivity index (χ2n) is 16.2. The van der Waals surface area contributed by atoms with Crippen LogP contribution in [-0.4, -0.2) is 54.6 Å². The summed E-state index contributed by atoms with van der Waals surface area (Å²) in [5.41, 5.74) is 9.10. The maximum atomic E-state index is 13.8. The van der Waals surface area contributed by atoms with E-state index in [1.807, 2.05) is 81.4 Å². The summed E-state index contributed by atoms with van der Waals surface area (Å²) in [7, 11) is -4.11. The Kier molecular flexibility index (Phi) is 13.0. The normalized spacial score (nSPS) is 14.6. The number of fused-ring (bicyclic) bond motifs is 1. The van der Waals surface area contributed by atoms with Gasteiger partial charge in [0, 0.05) is 25.2 Å². The molecule has 4 aromatic rings. The van der Waals surface area contributed by atoms with Gasteiger partial charge in [-0.25, -0.2) is 17.9 Å². The molecule has 4 N–H and O–H groups in total. The fourth-order valence-electron chi connectivity index (χ4n) is 7.15. The summed E-state index contributed by atoms with van der Waals surface area (Å²) in [6.45, 7) is 14.9. The van der Waals surface area contributed by atoms with Crippen LogP contribution in [0.1, 0.15) is 104 Å². The summed E-state index contributed by atoms with van der Waals surface area (Å²) in [5.74, 6) is -1.15. The molecule has 13 heteroatoms. The molecule has 1 aromatic heterocycles. The molecule has 0 radical (unpaired) electrons. The quantitative estimate of drug-likeness (QED) is 0.0620. The zero-order chi connectivity index (χ0) is 41.7. The van der Waals surface area contributed by atoms with E-state index in [0.29, 0.717) is 17.5 Å². The zero-order valence-electron chi connectivity index (χ0n) is 34.1. The molecule has 304 valence electrons. The number of nitrogens with two attached hydrogens (primary N) is 1. The van der Waals surface area contributed by atoms with Gasteiger partial charge in [0.15, 0.2) is 0 Å². The number of ether oxygens (including phenoxy) is 2. The van der Waals surface area contributed by atoms with Crippen LogP contribution in [0.25, 0.3) is 0 Å². The number of carbonyl (C=O) groups is 2. The molecular weight excluding hydrogens is 743 g/mol. The predicted octanol–water partition coefficient (Wildman–Crippen LogP) is 6.22. The van der Waals surface area contributed by atoms with Crippen molar-refractivity contribution < 1.29 is 27.5 Å². The molecule has 1 aliphatic heterocycles. The van der Waals surface area contributed by atoms with Crippen LogP contribution in [0.2, 0.25) is 0 Å². The third kappa shape index (κ3) is 10.5. The Morgan fingerprint density at radius 2 is 1.56 bits per heavy atom. The van der Waals surface area contributed by atoms with Gasteiger partial charge in [-0.05, 0) is 127 Å². The Balaban J connectivity index is 1.29. The molecule has 57 heavy (non-hydrogen) atoms. The van der Waals surface area contributed by atoms with Gasteiger partial charge >= 0.3 is 5.97 Å². The van der Waals surface area contributed by atoms with Gasteiger partial charge in [0.1, 0.15) is 28.6 Å². The number of pyridine rings is 1. The maximum absolute atomic E-state index is 13.8. The Morgan fingerprint density at radius 3 is 2.16 bits per heavy atom. The minimum absolute atomic E-state index is 0.0339. The van der Waals surface area contributed by atoms with Crippen molar-refractivity contribution in [1.29, 1.82) is 0 Å². The van der Waals surface area contributed by atoms with Crippen molar-refractivity contribution in [1.82, 2.24) is 14.6 Å². The highest BCUT2D eigenvalue weighted by molar-refractivity contribution is 7.90. The summed E-state index contributed by atoms with van der Waals surface area (Å²) in [6.07, 6.45) is 3.38. The van der Waals surface area contributed by atoms with E-state index in [-0.39, 0.29) is 53.9 Å². The minimum Gasteiger partial charge on any atom is -0.487 e. The first-order valence-electron chi connectivity index (χ1n) is 19.3. The molecule has 0 aliphatic carbocycles. The fourth-order valence-corrected chi connectivity index (χ4v) is 8.67. The van der Waals surface area contributed by atoms with Crippen molar-refractivity contribution in [2.24, 2.45) is 10.7 Å². The van der Waals surface area contributed by atoms with Crippen LogP contribution >= 0.6 is 0 Å². The van der Waals surface area contributed by atoms with E-state index in [1.54, 1.807) is 46.9 Å². The topological polar surface area (TPSA) is 171 Å². The van der Waals surface area contributed by atoms with Crippen molar-refractivity contribution in [2.45, 2.75) is 116 Å². The molecule has 0 saturated heterocycles. The molecule has 0 unspecified atom stereocenters. The molecule has 1 amide bonds. The molecule has 1 atom stereocenters. The summed E-state index contributed by atoms with van der Waals surface area (Å²) in [4.78, 5) is 45.2. The molecule has 1 aliphatic rings. The van der Waals surface area contributed by atoms with Crippen LogP contribution in [0, 0.1) is 20.8 Å². The van der Waals surface area contributed by atoms with Crippen molar-refractivity contribution in [2.75, 3.05) is 6.54 Å². The SMILES string of the molecule is Cc1c(C)c(S(=O)(=O)NC(N)=NCCC[C@H](NC(=O)c2cccn(CC(c3ccccc3)c3ccccc3)c2=O)C(=O)OC(C)(C)C)c(C)c2c1OC(C)(C)CC2. The number of amides is 1. The van der Waals surface area contributed by atoms with E-state index in [0.717, 1.165) is 34.4 Å². The third-order valence-electron chi connectivity index (χ3n) is 10.2. The summed E-state index contributed by atoms with van der Waals surface area (Å²) in [6, 6.07) is 21.6. The molecule has 0 fully saturated rings. The fraction of sp³-hybridized carbons (Fsp3) is 0.409. The van der Waals surface area contributed by atoms with Gasteiger partial charge in [-0.2, -0.15) is 0 Å². The lowest BCUT2D eigenvalue weighted by atomic mass is 9.88. The average molecular weight is 798 g/mol. The summed E-state index contributed by atoms with van der Waals surface area (Å²) < 4.78 is 43.1. The first-order valence-corrected chi connectivity index (χ1v) is 20.7. The number of aromatic nitrogens is 1. The predicted molar refractivity (Wildman–Crippen MR) is 222 cm³/mol. The summed E-state index contributed by atoms with van der Waals surface area (Å²) in [5, 5.41) is 2.71. The zero-order valence-corrected chi connectivity index (χ0v) is 35.0. The van der Waals surface area contributed by atoms with Gasteiger partial charge in [-0.15, -0.1) is 0 Å². The first kappa shape index (κ1) is 42.7. The monoisotopic (exact) mass is 797 g/mol. The third-order valence-corrected chi connectivity index (χ3v) is 11.8. The van der Waals surface area contributed by atoms with E-state index in [1.165, 1.54) is 10.6 Å². The Morgan fingerprint density at radius 1 is 0.947 bits per heavy atom. The Bertz CT molecular complexity index is 2260. The van der Waals surface area contributed by atoms with E-state index in [9.17, 15) is 22.8 Å². The Hall–Kier alpha value is -5.43. The smallest absolute Gasteiger partial charge is 0.329 e. The van der Waals surface area contributed by atoms with Crippen LogP contribution < -0.4 is 26.1 Å². The van der Waals surface area contributed by atoms with Crippen molar-refractivity contribution in [3.05, 3.63) is 128 Å². The number of nitrogens with one attached hydrogen (secondary N) is 2. The number of hydrogen-bond donors (Lipinski definition) is 3. The lowest BCUT2D eigenvalue weighted by Crippen LogP contribution is -2.46.